The van der Waals surface area contributed by atoms with Crippen LogP contribution in [0.2, 0.25) is 0 Å². The summed E-state index contributed by atoms with van der Waals surface area (Å²) >= 11 is 0. The summed E-state index contributed by atoms with van der Waals surface area (Å²) in [5.74, 6) is -0.318. The standard InChI is InChI=1S/C17H15N3O2/c1-9-5-7-14(16(21)19-9)20-13-8-6-12(18)10-3-2-4-11(15(10)13)17(20)22/h2-4,6,8,14H,1,5,7,18H2,(H,19,21). The second-order valence-electron chi connectivity index (χ2n) is 5.72. The third-order valence-corrected chi connectivity index (χ3v) is 4.39. The van der Waals surface area contributed by atoms with Crippen molar-refractivity contribution in [2.24, 2.45) is 0 Å². The Morgan fingerprint density at radius 2 is 2.05 bits per heavy atom. The van der Waals surface area contributed by atoms with Crippen LogP contribution in [0.1, 0.15) is 23.2 Å². The highest BCUT2D eigenvalue weighted by molar-refractivity contribution is 6.28. The van der Waals surface area contributed by atoms with Crippen molar-refractivity contribution >= 4 is 34.0 Å². The molecule has 1 unspecified atom stereocenters. The van der Waals surface area contributed by atoms with Crippen molar-refractivity contribution < 1.29 is 9.59 Å². The van der Waals surface area contributed by atoms with Gasteiger partial charge in [-0.25, -0.2) is 0 Å². The molecule has 4 rings (SSSR count). The third kappa shape index (κ3) is 1.59. The summed E-state index contributed by atoms with van der Waals surface area (Å²) in [7, 11) is 0. The molecule has 0 radical (unpaired) electrons. The number of amides is 2. The van der Waals surface area contributed by atoms with Crippen LogP contribution in [0.3, 0.4) is 0 Å². The summed E-state index contributed by atoms with van der Waals surface area (Å²) in [5, 5.41) is 4.44. The number of nitrogens with two attached hydrogens (primary N) is 1. The first-order valence-corrected chi connectivity index (χ1v) is 7.21. The maximum Gasteiger partial charge on any atom is 0.259 e. The molecular formula is C17H15N3O2. The number of piperidine rings is 1. The molecule has 2 heterocycles. The minimum absolute atomic E-state index is 0.140. The SMILES string of the molecule is C=C1CCC(N2C(=O)c3cccc4c(N)ccc2c34)C(=O)N1. The number of benzene rings is 2. The van der Waals surface area contributed by atoms with Crippen molar-refractivity contribution in [3.8, 4) is 0 Å². The van der Waals surface area contributed by atoms with Gasteiger partial charge < -0.3 is 11.1 Å². The van der Waals surface area contributed by atoms with Gasteiger partial charge in [-0.05, 0) is 31.0 Å². The van der Waals surface area contributed by atoms with Crippen molar-refractivity contribution in [1.29, 1.82) is 0 Å². The monoisotopic (exact) mass is 293 g/mol. The van der Waals surface area contributed by atoms with E-state index in [1.807, 2.05) is 18.2 Å². The number of nitrogen functional groups attached to an aromatic ring is 1. The molecule has 5 nitrogen and oxygen atoms in total. The van der Waals surface area contributed by atoms with Gasteiger partial charge in [0, 0.05) is 27.7 Å². The van der Waals surface area contributed by atoms with E-state index >= 15 is 0 Å². The molecule has 0 bridgehead atoms. The van der Waals surface area contributed by atoms with E-state index in [2.05, 4.69) is 11.9 Å². The predicted octanol–water partition coefficient (Wildman–Crippen LogP) is 2.17. The Kier molecular flexibility index (Phi) is 2.54. The van der Waals surface area contributed by atoms with Crippen LogP contribution in [0.4, 0.5) is 11.4 Å². The molecule has 1 atom stereocenters. The normalized spacial score (nSPS) is 20.6. The highest BCUT2D eigenvalue weighted by Crippen LogP contribution is 2.41. The van der Waals surface area contributed by atoms with E-state index in [0.717, 1.165) is 16.5 Å². The zero-order chi connectivity index (χ0) is 15.4. The Morgan fingerprint density at radius 1 is 1.23 bits per heavy atom. The Labute approximate surface area is 127 Å². The van der Waals surface area contributed by atoms with Crippen molar-refractivity contribution in [3.05, 3.63) is 48.2 Å². The largest absolute Gasteiger partial charge is 0.398 e. The van der Waals surface area contributed by atoms with Crippen LogP contribution < -0.4 is 16.0 Å². The minimum atomic E-state index is -0.503. The average Bonchev–Trinajstić information content (AvgIpc) is 2.78. The number of carbonyl (C=O) groups is 2. The number of nitrogens with one attached hydrogen (secondary N) is 1. The van der Waals surface area contributed by atoms with Crippen molar-refractivity contribution in [2.45, 2.75) is 18.9 Å². The van der Waals surface area contributed by atoms with E-state index in [1.54, 1.807) is 17.0 Å². The van der Waals surface area contributed by atoms with Crippen LogP contribution in [-0.2, 0) is 4.79 Å². The average molecular weight is 293 g/mol. The molecule has 2 amide bonds. The predicted molar refractivity (Wildman–Crippen MR) is 85.5 cm³/mol. The lowest BCUT2D eigenvalue weighted by molar-refractivity contribution is -0.122. The molecule has 5 heteroatoms. The first kappa shape index (κ1) is 12.9. The molecule has 0 aromatic heterocycles. The number of hydrogen-bond donors (Lipinski definition) is 2. The highest BCUT2D eigenvalue weighted by Gasteiger charge is 2.39. The van der Waals surface area contributed by atoms with E-state index in [-0.39, 0.29) is 11.8 Å². The lowest BCUT2D eigenvalue weighted by Crippen LogP contribution is -2.51. The van der Waals surface area contributed by atoms with Gasteiger partial charge in [-0.3, -0.25) is 14.5 Å². The van der Waals surface area contributed by atoms with Gasteiger partial charge in [-0.15, -0.1) is 0 Å². The van der Waals surface area contributed by atoms with Crippen molar-refractivity contribution in [1.82, 2.24) is 5.32 Å². The second-order valence-corrected chi connectivity index (χ2v) is 5.72. The number of carbonyl (C=O) groups excluding carboxylic acids is 2. The fourth-order valence-corrected chi connectivity index (χ4v) is 3.35. The van der Waals surface area contributed by atoms with Crippen LogP contribution >= 0.6 is 0 Å². The van der Waals surface area contributed by atoms with E-state index < -0.39 is 6.04 Å². The smallest absolute Gasteiger partial charge is 0.259 e. The zero-order valence-electron chi connectivity index (χ0n) is 11.9. The van der Waals surface area contributed by atoms with Gasteiger partial charge in [0.1, 0.15) is 6.04 Å². The molecule has 110 valence electrons. The molecule has 0 aliphatic carbocycles. The van der Waals surface area contributed by atoms with E-state index in [4.69, 9.17) is 5.73 Å². The van der Waals surface area contributed by atoms with Gasteiger partial charge in [-0.2, -0.15) is 0 Å². The fraction of sp³-hybridized carbons (Fsp3) is 0.176. The summed E-state index contributed by atoms with van der Waals surface area (Å²) in [5.41, 5.74) is 8.72. The summed E-state index contributed by atoms with van der Waals surface area (Å²) in [6.07, 6.45) is 1.25. The van der Waals surface area contributed by atoms with Crippen LogP contribution in [0.25, 0.3) is 10.8 Å². The quantitative estimate of drug-likeness (QED) is 0.791. The summed E-state index contributed by atoms with van der Waals surface area (Å²) in [6.45, 7) is 3.78. The van der Waals surface area contributed by atoms with Crippen LogP contribution in [0, 0.1) is 0 Å². The molecule has 22 heavy (non-hydrogen) atoms. The van der Waals surface area contributed by atoms with Gasteiger partial charge in [0.2, 0.25) is 5.91 Å². The van der Waals surface area contributed by atoms with Gasteiger partial charge in [0.05, 0.1) is 5.69 Å². The highest BCUT2D eigenvalue weighted by atomic mass is 16.2. The number of hydrogen-bond acceptors (Lipinski definition) is 3. The lowest BCUT2D eigenvalue weighted by Gasteiger charge is -2.31. The molecule has 1 fully saturated rings. The maximum atomic E-state index is 12.8. The second kappa shape index (κ2) is 4.34. The molecule has 2 aromatic carbocycles. The Bertz CT molecular complexity index is 856. The minimum Gasteiger partial charge on any atom is -0.398 e. The van der Waals surface area contributed by atoms with Gasteiger partial charge in [0.25, 0.3) is 5.91 Å². The number of nitrogens with zero attached hydrogens (tertiary/aromatic N) is 1. The summed E-state index contributed by atoms with van der Waals surface area (Å²) < 4.78 is 0. The van der Waals surface area contributed by atoms with Gasteiger partial charge in [-0.1, -0.05) is 18.7 Å². The molecular weight excluding hydrogens is 278 g/mol. The molecule has 2 aromatic rings. The Morgan fingerprint density at radius 3 is 2.82 bits per heavy atom. The maximum absolute atomic E-state index is 12.8. The van der Waals surface area contributed by atoms with Crippen molar-refractivity contribution in [2.75, 3.05) is 10.6 Å². The van der Waals surface area contributed by atoms with Crippen LogP contribution in [-0.4, -0.2) is 17.9 Å². The fourth-order valence-electron chi connectivity index (χ4n) is 3.35. The first-order chi connectivity index (χ1) is 10.6. The third-order valence-electron chi connectivity index (χ3n) is 4.39. The van der Waals surface area contributed by atoms with E-state index in [9.17, 15) is 9.59 Å². The number of allylic oxidation sites excluding steroid dienone is 1. The lowest BCUT2D eigenvalue weighted by atomic mass is 10.0. The topological polar surface area (TPSA) is 75.4 Å². The molecule has 2 aliphatic rings. The Hall–Kier alpha value is -2.82. The van der Waals surface area contributed by atoms with Crippen LogP contribution in [0.15, 0.2) is 42.6 Å². The van der Waals surface area contributed by atoms with Gasteiger partial charge >= 0.3 is 0 Å². The van der Waals surface area contributed by atoms with Crippen LogP contribution in [0.5, 0.6) is 0 Å². The molecule has 3 N–H and O–H groups in total. The summed E-state index contributed by atoms with van der Waals surface area (Å²) in [4.78, 5) is 26.7. The molecule has 0 saturated carbocycles. The van der Waals surface area contributed by atoms with E-state index in [1.165, 1.54) is 0 Å². The first-order valence-electron chi connectivity index (χ1n) is 7.21. The molecule has 1 saturated heterocycles. The molecule has 2 aliphatic heterocycles. The number of anilines is 2. The van der Waals surface area contributed by atoms with E-state index in [0.29, 0.717) is 29.8 Å². The van der Waals surface area contributed by atoms with Crippen molar-refractivity contribution in [3.63, 3.8) is 0 Å². The number of rotatable bonds is 1. The summed E-state index contributed by atoms with van der Waals surface area (Å²) in [6, 6.07) is 8.61. The molecule has 0 spiro atoms. The Balaban J connectivity index is 1.89. The van der Waals surface area contributed by atoms with Gasteiger partial charge in [0.15, 0.2) is 0 Å². The zero-order valence-corrected chi connectivity index (χ0v) is 11.9.